The van der Waals surface area contributed by atoms with Crippen LogP contribution in [0.3, 0.4) is 0 Å². The standard InChI is InChI=1S/C21H13N3O7S2/c1-30-14-6-8-16(17(10-14)24(28)29)18-9-7-15(31-18)11-19-20(25)22(21(32)33-19)12-2-4-13(5-3-12)23(26)27/h2-11H,1H3/b19-11-. The molecule has 4 rings (SSSR count). The topological polar surface area (TPSA) is 129 Å². The fraction of sp³-hybridized carbons (Fsp3) is 0.0476. The molecule has 1 aromatic heterocycles. The van der Waals surface area contributed by atoms with Crippen molar-refractivity contribution in [3.8, 4) is 17.1 Å². The first-order valence-corrected chi connectivity index (χ1v) is 10.5. The Bertz CT molecular complexity index is 1330. The van der Waals surface area contributed by atoms with Gasteiger partial charge in [-0.3, -0.25) is 29.9 Å². The summed E-state index contributed by atoms with van der Waals surface area (Å²) in [7, 11) is 1.41. The average Bonchev–Trinajstić information content (AvgIpc) is 3.37. The highest BCUT2D eigenvalue weighted by atomic mass is 32.2. The van der Waals surface area contributed by atoms with Crippen LogP contribution in [-0.4, -0.2) is 27.2 Å². The van der Waals surface area contributed by atoms with Crippen molar-refractivity contribution in [1.82, 2.24) is 0 Å². The third-order valence-corrected chi connectivity index (χ3v) is 5.98. The number of non-ortho nitro benzene ring substituents is 1. The predicted molar refractivity (Wildman–Crippen MR) is 126 cm³/mol. The van der Waals surface area contributed by atoms with Crippen LogP contribution >= 0.6 is 24.0 Å². The molecule has 33 heavy (non-hydrogen) atoms. The Kier molecular flexibility index (Phi) is 5.94. The lowest BCUT2D eigenvalue weighted by molar-refractivity contribution is -0.384. The van der Waals surface area contributed by atoms with Crippen LogP contribution in [0.2, 0.25) is 0 Å². The first-order chi connectivity index (χ1) is 15.8. The van der Waals surface area contributed by atoms with E-state index in [2.05, 4.69) is 0 Å². The second kappa shape index (κ2) is 8.84. The molecule has 3 aromatic rings. The number of furan rings is 1. The van der Waals surface area contributed by atoms with E-state index in [1.807, 2.05) is 0 Å². The zero-order valence-corrected chi connectivity index (χ0v) is 18.4. The fourth-order valence-corrected chi connectivity index (χ4v) is 4.40. The third kappa shape index (κ3) is 4.33. The summed E-state index contributed by atoms with van der Waals surface area (Å²) in [6, 6.07) is 13.0. The summed E-state index contributed by atoms with van der Waals surface area (Å²) in [5, 5.41) is 22.3. The zero-order valence-electron chi connectivity index (χ0n) is 16.8. The summed E-state index contributed by atoms with van der Waals surface area (Å²) < 4.78 is 11.0. The van der Waals surface area contributed by atoms with Gasteiger partial charge >= 0.3 is 0 Å². The molecule has 1 amide bonds. The highest BCUT2D eigenvalue weighted by molar-refractivity contribution is 8.27. The normalized spacial score (nSPS) is 14.7. The van der Waals surface area contributed by atoms with Crippen LogP contribution in [-0.2, 0) is 4.79 Å². The van der Waals surface area contributed by atoms with Crippen molar-refractivity contribution >= 4 is 57.3 Å². The Morgan fingerprint density at radius 3 is 2.42 bits per heavy atom. The summed E-state index contributed by atoms with van der Waals surface area (Å²) in [5.74, 6) is 0.486. The molecule has 0 bridgehead atoms. The van der Waals surface area contributed by atoms with Crippen molar-refractivity contribution in [1.29, 1.82) is 0 Å². The maximum Gasteiger partial charge on any atom is 0.284 e. The van der Waals surface area contributed by atoms with Crippen molar-refractivity contribution in [2.24, 2.45) is 0 Å². The third-order valence-electron chi connectivity index (χ3n) is 4.68. The Morgan fingerprint density at radius 2 is 1.79 bits per heavy atom. The highest BCUT2D eigenvalue weighted by Gasteiger charge is 2.34. The number of amides is 1. The van der Waals surface area contributed by atoms with Gasteiger partial charge in [0.25, 0.3) is 17.3 Å². The van der Waals surface area contributed by atoms with Crippen LogP contribution in [0.4, 0.5) is 17.1 Å². The van der Waals surface area contributed by atoms with Crippen molar-refractivity contribution < 1.29 is 23.8 Å². The molecule has 2 heterocycles. The van der Waals surface area contributed by atoms with Crippen LogP contribution in [0, 0.1) is 20.2 Å². The number of benzene rings is 2. The maximum atomic E-state index is 12.9. The van der Waals surface area contributed by atoms with Crippen molar-refractivity contribution in [3.63, 3.8) is 0 Å². The summed E-state index contributed by atoms with van der Waals surface area (Å²) in [4.78, 5) is 35.7. The minimum Gasteiger partial charge on any atom is -0.497 e. The molecule has 0 N–H and O–H groups in total. The van der Waals surface area contributed by atoms with E-state index in [-0.39, 0.29) is 31.9 Å². The molecule has 1 aliphatic heterocycles. The predicted octanol–water partition coefficient (Wildman–Crippen LogP) is 5.18. The number of nitro groups is 2. The van der Waals surface area contributed by atoms with Gasteiger partial charge in [0.1, 0.15) is 17.3 Å². The number of hydrogen-bond acceptors (Lipinski definition) is 9. The minimum atomic E-state index is -0.532. The molecular weight excluding hydrogens is 470 g/mol. The molecule has 1 fully saturated rings. The van der Waals surface area contributed by atoms with E-state index in [0.29, 0.717) is 17.2 Å². The van der Waals surface area contributed by atoms with Crippen LogP contribution in [0.5, 0.6) is 5.75 Å². The summed E-state index contributed by atoms with van der Waals surface area (Å²) in [6.07, 6.45) is 1.49. The molecule has 10 nitrogen and oxygen atoms in total. The first-order valence-electron chi connectivity index (χ1n) is 9.23. The Hall–Kier alpha value is -4.03. The van der Waals surface area contributed by atoms with Gasteiger partial charge in [-0.2, -0.15) is 0 Å². The van der Waals surface area contributed by atoms with Gasteiger partial charge in [-0.05, 0) is 36.4 Å². The number of carbonyl (C=O) groups excluding carboxylic acids is 1. The molecule has 0 spiro atoms. The molecule has 1 aliphatic rings. The lowest BCUT2D eigenvalue weighted by Crippen LogP contribution is -2.27. The van der Waals surface area contributed by atoms with Gasteiger partial charge in [-0.25, -0.2) is 0 Å². The largest absolute Gasteiger partial charge is 0.497 e. The number of nitrogens with zero attached hydrogens (tertiary/aromatic N) is 3. The van der Waals surface area contributed by atoms with Crippen molar-refractivity contribution in [3.05, 3.63) is 85.5 Å². The number of rotatable bonds is 6. The number of hydrogen-bond donors (Lipinski definition) is 0. The van der Waals surface area contributed by atoms with Gasteiger partial charge in [0.05, 0.1) is 39.2 Å². The Balaban J connectivity index is 1.61. The number of ether oxygens (including phenoxy) is 1. The van der Waals surface area contributed by atoms with Crippen LogP contribution in [0.15, 0.2) is 63.9 Å². The van der Waals surface area contributed by atoms with E-state index in [1.165, 1.54) is 54.5 Å². The summed E-state index contributed by atoms with van der Waals surface area (Å²) in [6.45, 7) is 0. The average molecular weight is 483 g/mol. The second-order valence-electron chi connectivity index (χ2n) is 6.63. The molecular formula is C21H13N3O7S2. The fourth-order valence-electron chi connectivity index (χ4n) is 3.12. The number of methoxy groups -OCH3 is 1. The maximum absolute atomic E-state index is 12.9. The van der Waals surface area contributed by atoms with E-state index in [1.54, 1.807) is 18.2 Å². The van der Waals surface area contributed by atoms with E-state index in [0.717, 1.165) is 11.8 Å². The number of anilines is 1. The smallest absolute Gasteiger partial charge is 0.284 e. The van der Waals surface area contributed by atoms with E-state index < -0.39 is 15.8 Å². The highest BCUT2D eigenvalue weighted by Crippen LogP contribution is 2.38. The lowest BCUT2D eigenvalue weighted by atomic mass is 10.1. The van der Waals surface area contributed by atoms with Crippen LogP contribution in [0.1, 0.15) is 5.76 Å². The van der Waals surface area contributed by atoms with E-state index in [9.17, 15) is 25.0 Å². The number of carbonyl (C=O) groups is 1. The van der Waals surface area contributed by atoms with Gasteiger partial charge in [-0.1, -0.05) is 24.0 Å². The van der Waals surface area contributed by atoms with Crippen molar-refractivity contribution in [2.75, 3.05) is 12.0 Å². The van der Waals surface area contributed by atoms with E-state index in [4.69, 9.17) is 21.4 Å². The monoisotopic (exact) mass is 483 g/mol. The van der Waals surface area contributed by atoms with Crippen LogP contribution in [0.25, 0.3) is 17.4 Å². The Morgan fingerprint density at radius 1 is 1.06 bits per heavy atom. The number of nitro benzene ring substituents is 2. The molecule has 0 saturated carbocycles. The van der Waals surface area contributed by atoms with Gasteiger partial charge in [-0.15, -0.1) is 0 Å². The van der Waals surface area contributed by atoms with Gasteiger partial charge < -0.3 is 9.15 Å². The minimum absolute atomic E-state index is 0.101. The molecule has 0 unspecified atom stereocenters. The number of thioether (sulfide) groups is 1. The van der Waals surface area contributed by atoms with Gasteiger partial charge in [0, 0.05) is 18.2 Å². The molecule has 0 atom stereocenters. The molecule has 2 aromatic carbocycles. The second-order valence-corrected chi connectivity index (χ2v) is 8.31. The first kappa shape index (κ1) is 22.2. The SMILES string of the molecule is COc1ccc(-c2ccc(/C=C3\SC(=S)N(c4ccc([N+](=O)[O-])cc4)C3=O)o2)c([N+](=O)[O-])c1. The molecule has 0 aliphatic carbocycles. The Labute approximate surface area is 195 Å². The van der Waals surface area contributed by atoms with Crippen LogP contribution < -0.4 is 9.64 Å². The quantitative estimate of drug-likeness (QED) is 0.201. The van der Waals surface area contributed by atoms with E-state index >= 15 is 0 Å². The molecule has 1 saturated heterocycles. The zero-order chi connectivity index (χ0) is 23.7. The molecule has 166 valence electrons. The van der Waals surface area contributed by atoms with Gasteiger partial charge in [0.15, 0.2) is 4.32 Å². The number of thiocarbonyl (C=S) groups is 1. The molecule has 12 heteroatoms. The summed E-state index contributed by atoms with van der Waals surface area (Å²) >= 11 is 6.35. The van der Waals surface area contributed by atoms with Crippen molar-refractivity contribution in [2.45, 2.75) is 0 Å². The molecule has 0 radical (unpaired) electrons. The van der Waals surface area contributed by atoms with Gasteiger partial charge in [0.2, 0.25) is 0 Å². The summed E-state index contributed by atoms with van der Waals surface area (Å²) in [5.41, 5.74) is 0.384. The lowest BCUT2D eigenvalue weighted by Gasteiger charge is -2.13.